The summed E-state index contributed by atoms with van der Waals surface area (Å²) in [6, 6.07) is 3.89. The van der Waals surface area contributed by atoms with Gasteiger partial charge in [-0.25, -0.2) is 4.98 Å². The lowest BCUT2D eigenvalue weighted by molar-refractivity contribution is 0.273. The molecule has 23 heavy (non-hydrogen) atoms. The first-order valence-corrected chi connectivity index (χ1v) is 8.99. The fourth-order valence-electron chi connectivity index (χ4n) is 2.84. The van der Waals surface area contributed by atoms with Crippen molar-refractivity contribution < 1.29 is 5.11 Å². The van der Waals surface area contributed by atoms with Crippen molar-refractivity contribution >= 4 is 11.8 Å². The fourth-order valence-corrected chi connectivity index (χ4v) is 4.17. The topological polar surface area (TPSA) is 50.9 Å². The molecule has 5 heteroatoms. The quantitative estimate of drug-likeness (QED) is 0.873. The molecule has 120 valence electrons. The van der Waals surface area contributed by atoms with E-state index in [0.717, 1.165) is 23.0 Å². The van der Waals surface area contributed by atoms with E-state index >= 15 is 0 Å². The lowest BCUT2D eigenvalue weighted by Gasteiger charge is -2.12. The first-order chi connectivity index (χ1) is 11.3. The molecule has 0 bridgehead atoms. The van der Waals surface area contributed by atoms with Crippen molar-refractivity contribution in [1.82, 2.24) is 14.5 Å². The molecule has 4 nitrogen and oxygen atoms in total. The second kappa shape index (κ2) is 7.67. The standard InChI is InChI=1S/C18H21N3OS/c1-2-3-10-16-17(13-22)21(14-7-6-11-19-12-14)18(20-16)23-15-8-4-5-9-15/h6-7,11-12,15,22H,2,4-5,8-9,13H2,1H3. The summed E-state index contributed by atoms with van der Waals surface area (Å²) in [5.41, 5.74) is 2.35. The zero-order valence-electron chi connectivity index (χ0n) is 13.3. The van der Waals surface area contributed by atoms with E-state index in [1.807, 2.05) is 23.6 Å². The van der Waals surface area contributed by atoms with Crippen molar-refractivity contribution in [2.45, 2.75) is 56.0 Å². The Kier molecular flexibility index (Phi) is 5.37. The third kappa shape index (κ3) is 3.60. The number of pyridine rings is 1. The van der Waals surface area contributed by atoms with Gasteiger partial charge >= 0.3 is 0 Å². The van der Waals surface area contributed by atoms with Crippen molar-refractivity contribution in [3.8, 4) is 17.5 Å². The highest BCUT2D eigenvalue weighted by atomic mass is 32.2. The van der Waals surface area contributed by atoms with Crippen molar-refractivity contribution in [2.24, 2.45) is 0 Å². The minimum atomic E-state index is -0.0825. The lowest BCUT2D eigenvalue weighted by Crippen LogP contribution is -2.05. The van der Waals surface area contributed by atoms with E-state index < -0.39 is 0 Å². The smallest absolute Gasteiger partial charge is 0.174 e. The number of nitrogens with zero attached hydrogens (tertiary/aromatic N) is 3. The molecule has 0 atom stereocenters. The van der Waals surface area contributed by atoms with Crippen LogP contribution in [0.4, 0.5) is 0 Å². The summed E-state index contributed by atoms with van der Waals surface area (Å²) >= 11 is 1.80. The summed E-state index contributed by atoms with van der Waals surface area (Å²) in [5.74, 6) is 6.16. The van der Waals surface area contributed by atoms with E-state index in [4.69, 9.17) is 4.98 Å². The zero-order chi connectivity index (χ0) is 16.1. The van der Waals surface area contributed by atoms with Crippen LogP contribution in [0.5, 0.6) is 0 Å². The van der Waals surface area contributed by atoms with Crippen LogP contribution in [0.25, 0.3) is 5.69 Å². The Morgan fingerprint density at radius 2 is 2.22 bits per heavy atom. The highest BCUT2D eigenvalue weighted by Crippen LogP contribution is 2.36. The second-order valence-corrected chi connectivity index (χ2v) is 6.84. The average Bonchev–Trinajstić information content (AvgIpc) is 3.21. The van der Waals surface area contributed by atoms with Crippen LogP contribution in [0.3, 0.4) is 0 Å². The van der Waals surface area contributed by atoms with E-state index in [-0.39, 0.29) is 6.61 Å². The first kappa shape index (κ1) is 16.1. The van der Waals surface area contributed by atoms with E-state index in [1.54, 1.807) is 24.2 Å². The van der Waals surface area contributed by atoms with Crippen LogP contribution >= 0.6 is 11.8 Å². The molecule has 2 aromatic rings. The molecule has 1 saturated carbocycles. The van der Waals surface area contributed by atoms with Gasteiger partial charge < -0.3 is 5.11 Å². The number of aromatic nitrogens is 3. The van der Waals surface area contributed by atoms with Gasteiger partial charge in [0.25, 0.3) is 0 Å². The molecule has 1 aliphatic rings. The molecular weight excluding hydrogens is 306 g/mol. The molecule has 2 heterocycles. The molecule has 1 fully saturated rings. The van der Waals surface area contributed by atoms with E-state index in [2.05, 4.69) is 16.8 Å². The first-order valence-electron chi connectivity index (χ1n) is 8.12. The maximum absolute atomic E-state index is 9.88. The lowest BCUT2D eigenvalue weighted by atomic mass is 10.3. The number of aliphatic hydroxyl groups excluding tert-OH is 1. The van der Waals surface area contributed by atoms with Crippen LogP contribution in [0.15, 0.2) is 29.7 Å². The van der Waals surface area contributed by atoms with Gasteiger partial charge in [0.15, 0.2) is 5.16 Å². The minimum Gasteiger partial charge on any atom is -0.390 e. The van der Waals surface area contributed by atoms with Gasteiger partial charge in [-0.05, 0) is 30.9 Å². The number of hydrogen-bond acceptors (Lipinski definition) is 4. The Hall–Kier alpha value is -1.77. The Morgan fingerprint density at radius 3 is 2.87 bits per heavy atom. The minimum absolute atomic E-state index is 0.0825. The predicted octanol–water partition coefficient (Wildman–Crippen LogP) is 3.56. The zero-order valence-corrected chi connectivity index (χ0v) is 14.1. The Labute approximate surface area is 141 Å². The van der Waals surface area contributed by atoms with Crippen LogP contribution in [0, 0.1) is 11.8 Å². The molecule has 0 spiro atoms. The van der Waals surface area contributed by atoms with Gasteiger partial charge in [-0.3, -0.25) is 9.55 Å². The summed E-state index contributed by atoms with van der Waals surface area (Å²) in [5, 5.41) is 11.4. The summed E-state index contributed by atoms with van der Waals surface area (Å²) in [4.78, 5) is 8.93. The third-order valence-electron chi connectivity index (χ3n) is 3.95. The number of hydrogen-bond donors (Lipinski definition) is 1. The Morgan fingerprint density at radius 1 is 1.39 bits per heavy atom. The van der Waals surface area contributed by atoms with Gasteiger partial charge in [0.1, 0.15) is 5.69 Å². The fraction of sp³-hybridized carbons (Fsp3) is 0.444. The van der Waals surface area contributed by atoms with Gasteiger partial charge in [-0.15, -0.1) is 0 Å². The van der Waals surface area contributed by atoms with Gasteiger partial charge in [0, 0.05) is 17.9 Å². The molecule has 1 aliphatic carbocycles. The SMILES string of the molecule is CCC#Cc1nc(SC2CCCC2)n(-c2cccnc2)c1CO. The predicted molar refractivity (Wildman–Crippen MR) is 92.6 cm³/mol. The van der Waals surface area contributed by atoms with Crippen molar-refractivity contribution in [2.75, 3.05) is 0 Å². The number of thioether (sulfide) groups is 1. The van der Waals surface area contributed by atoms with Crippen molar-refractivity contribution in [3.63, 3.8) is 0 Å². The molecule has 0 aliphatic heterocycles. The highest BCUT2D eigenvalue weighted by molar-refractivity contribution is 7.99. The van der Waals surface area contributed by atoms with Crippen LogP contribution in [0.1, 0.15) is 50.4 Å². The number of imidazole rings is 1. The van der Waals surface area contributed by atoms with Crippen molar-refractivity contribution in [3.05, 3.63) is 35.9 Å². The van der Waals surface area contributed by atoms with Crippen LogP contribution in [-0.2, 0) is 6.61 Å². The van der Waals surface area contributed by atoms with E-state index in [1.165, 1.54) is 25.7 Å². The summed E-state index contributed by atoms with van der Waals surface area (Å²) in [6.45, 7) is 1.93. The molecular formula is C18H21N3OS. The number of rotatable bonds is 4. The van der Waals surface area contributed by atoms with Crippen molar-refractivity contribution in [1.29, 1.82) is 0 Å². The molecule has 0 radical (unpaired) electrons. The monoisotopic (exact) mass is 327 g/mol. The normalized spacial score (nSPS) is 14.7. The second-order valence-electron chi connectivity index (χ2n) is 5.57. The summed E-state index contributed by atoms with van der Waals surface area (Å²) in [7, 11) is 0. The molecule has 0 unspecified atom stereocenters. The third-order valence-corrected chi connectivity index (χ3v) is 5.24. The van der Waals surface area contributed by atoms with Gasteiger partial charge in [-0.1, -0.05) is 37.4 Å². The molecule has 0 amide bonds. The maximum atomic E-state index is 9.88. The molecule has 2 aromatic heterocycles. The van der Waals surface area contributed by atoms with Crippen LogP contribution < -0.4 is 0 Å². The van der Waals surface area contributed by atoms with Gasteiger partial charge in [0.2, 0.25) is 0 Å². The molecule has 3 rings (SSSR count). The highest BCUT2D eigenvalue weighted by Gasteiger charge is 2.23. The van der Waals surface area contributed by atoms with Crippen LogP contribution in [0.2, 0.25) is 0 Å². The Balaban J connectivity index is 2.06. The molecule has 0 aromatic carbocycles. The van der Waals surface area contributed by atoms with Gasteiger partial charge in [0.05, 0.1) is 24.2 Å². The largest absolute Gasteiger partial charge is 0.390 e. The maximum Gasteiger partial charge on any atom is 0.174 e. The number of aliphatic hydroxyl groups is 1. The summed E-state index contributed by atoms with van der Waals surface area (Å²) < 4.78 is 2.01. The average molecular weight is 327 g/mol. The van der Waals surface area contributed by atoms with E-state index in [0.29, 0.717) is 10.9 Å². The molecule has 1 N–H and O–H groups in total. The Bertz CT molecular complexity index is 709. The van der Waals surface area contributed by atoms with Gasteiger partial charge in [-0.2, -0.15) is 0 Å². The van der Waals surface area contributed by atoms with E-state index in [9.17, 15) is 5.11 Å². The summed E-state index contributed by atoms with van der Waals surface area (Å²) in [6.07, 6.45) is 9.37. The molecule has 0 saturated heterocycles. The van der Waals surface area contributed by atoms with Crippen LogP contribution in [-0.4, -0.2) is 24.9 Å².